The molecule has 1 fully saturated rings. The number of hydrogen-bond donors (Lipinski definition) is 3. The number of urea groups is 1. The Morgan fingerprint density at radius 2 is 1.72 bits per heavy atom. The fraction of sp³-hybridized carbons (Fsp3) is 0.529. The molecule has 1 saturated heterocycles. The molecule has 162 valence electrons. The van der Waals surface area contributed by atoms with Crippen LogP contribution in [0, 0.1) is 5.92 Å². The zero-order valence-electron chi connectivity index (χ0n) is 16.0. The van der Waals surface area contributed by atoms with Crippen LogP contribution in [0.3, 0.4) is 0 Å². The maximum atomic E-state index is 13.7. The number of carbonyl (C=O) groups excluding carboxylic acids is 2. The van der Waals surface area contributed by atoms with Crippen molar-refractivity contribution in [1.82, 2.24) is 10.6 Å². The summed E-state index contributed by atoms with van der Waals surface area (Å²) in [7, 11) is 3.91. The Kier molecular flexibility index (Phi) is 6.36. The molecule has 0 spiro atoms. The summed E-state index contributed by atoms with van der Waals surface area (Å²) in [4.78, 5) is 24.4. The molecule has 2 rings (SSSR count). The van der Waals surface area contributed by atoms with E-state index in [2.05, 4.69) is 5.32 Å². The van der Waals surface area contributed by atoms with E-state index < -0.39 is 35.9 Å². The SMILES string of the molecule is CCOC(=O)C1C(c2cc(OC)c(OC)c(OC)c2)NC(=O)NC1(O)C(F)(F)F. The molecule has 3 atom stereocenters. The average Bonchev–Trinajstić information content (AvgIpc) is 2.65. The molecule has 1 heterocycles. The quantitative estimate of drug-likeness (QED) is 0.595. The molecular formula is C17H21F3N2O7. The number of amides is 2. The minimum Gasteiger partial charge on any atom is -0.493 e. The summed E-state index contributed by atoms with van der Waals surface area (Å²) in [6.45, 7) is 1.16. The van der Waals surface area contributed by atoms with Gasteiger partial charge in [-0.1, -0.05) is 0 Å². The molecule has 2 amide bonds. The fourth-order valence-corrected chi connectivity index (χ4v) is 3.10. The maximum Gasteiger partial charge on any atom is 0.437 e. The standard InChI is InChI=1S/C17H21F3N2O7/c1-5-29-14(23)11-12(21-15(24)22-16(11,25)17(18,19)20)8-6-9(26-2)13(28-4)10(7-8)27-3/h6-7,11-12,25H,5H2,1-4H3,(H2,21,22,24). The second kappa shape index (κ2) is 8.23. The number of alkyl halides is 3. The van der Waals surface area contributed by atoms with Crippen LogP contribution in [0.25, 0.3) is 0 Å². The summed E-state index contributed by atoms with van der Waals surface area (Å²) in [6, 6.07) is -0.423. The first-order chi connectivity index (χ1) is 13.5. The van der Waals surface area contributed by atoms with Crippen LogP contribution < -0.4 is 24.8 Å². The Morgan fingerprint density at radius 3 is 2.14 bits per heavy atom. The Hall–Kier alpha value is -2.89. The molecule has 1 aromatic rings. The molecule has 12 heteroatoms. The monoisotopic (exact) mass is 422 g/mol. The van der Waals surface area contributed by atoms with E-state index in [1.54, 1.807) is 0 Å². The van der Waals surface area contributed by atoms with Crippen molar-refractivity contribution in [2.24, 2.45) is 5.92 Å². The van der Waals surface area contributed by atoms with Crippen molar-refractivity contribution in [3.63, 3.8) is 0 Å². The lowest BCUT2D eigenvalue weighted by Crippen LogP contribution is -2.73. The molecule has 9 nitrogen and oxygen atoms in total. The van der Waals surface area contributed by atoms with Gasteiger partial charge in [0.1, 0.15) is 5.92 Å². The molecular weight excluding hydrogens is 401 g/mol. The van der Waals surface area contributed by atoms with E-state index in [-0.39, 0.29) is 29.4 Å². The molecule has 1 aliphatic heterocycles. The predicted octanol–water partition coefficient (Wildman–Crippen LogP) is 1.50. The van der Waals surface area contributed by atoms with Crippen LogP contribution in [0.15, 0.2) is 12.1 Å². The summed E-state index contributed by atoms with van der Waals surface area (Å²) in [5.41, 5.74) is -3.87. The third-order valence-electron chi connectivity index (χ3n) is 4.39. The van der Waals surface area contributed by atoms with E-state index in [9.17, 15) is 27.9 Å². The van der Waals surface area contributed by atoms with E-state index in [0.29, 0.717) is 0 Å². The lowest BCUT2D eigenvalue weighted by Gasteiger charge is -2.44. The molecule has 0 aliphatic carbocycles. The van der Waals surface area contributed by atoms with Gasteiger partial charge in [0.15, 0.2) is 11.5 Å². The fourth-order valence-electron chi connectivity index (χ4n) is 3.10. The number of carbonyl (C=O) groups is 2. The van der Waals surface area contributed by atoms with Crippen LogP contribution in [-0.2, 0) is 9.53 Å². The minimum atomic E-state index is -5.37. The predicted molar refractivity (Wildman–Crippen MR) is 91.6 cm³/mol. The first-order valence-electron chi connectivity index (χ1n) is 8.38. The van der Waals surface area contributed by atoms with E-state index in [1.807, 2.05) is 0 Å². The molecule has 0 aromatic heterocycles. The van der Waals surface area contributed by atoms with E-state index in [4.69, 9.17) is 18.9 Å². The highest BCUT2D eigenvalue weighted by atomic mass is 19.4. The molecule has 0 bridgehead atoms. The van der Waals surface area contributed by atoms with Gasteiger partial charge >= 0.3 is 18.2 Å². The van der Waals surface area contributed by atoms with Crippen molar-refractivity contribution in [3.05, 3.63) is 17.7 Å². The van der Waals surface area contributed by atoms with Crippen LogP contribution in [0.2, 0.25) is 0 Å². The Bertz CT molecular complexity index is 762. The van der Waals surface area contributed by atoms with Gasteiger partial charge in [-0.2, -0.15) is 13.2 Å². The summed E-state index contributed by atoms with van der Waals surface area (Å²) < 4.78 is 61.3. The Morgan fingerprint density at radius 1 is 1.17 bits per heavy atom. The lowest BCUT2D eigenvalue weighted by atomic mass is 9.81. The molecule has 29 heavy (non-hydrogen) atoms. The number of esters is 1. The second-order valence-electron chi connectivity index (χ2n) is 6.03. The number of hydrogen-bond acceptors (Lipinski definition) is 7. The van der Waals surface area contributed by atoms with E-state index in [0.717, 1.165) is 0 Å². The van der Waals surface area contributed by atoms with E-state index in [1.165, 1.54) is 45.7 Å². The van der Waals surface area contributed by atoms with Gasteiger partial charge in [0, 0.05) is 0 Å². The van der Waals surface area contributed by atoms with Gasteiger partial charge in [0.05, 0.1) is 34.0 Å². The first-order valence-corrected chi connectivity index (χ1v) is 8.38. The zero-order chi connectivity index (χ0) is 22.0. The number of rotatable bonds is 6. The van der Waals surface area contributed by atoms with Gasteiger partial charge in [-0.15, -0.1) is 0 Å². The molecule has 1 aliphatic rings. The van der Waals surface area contributed by atoms with Gasteiger partial charge in [-0.3, -0.25) is 4.79 Å². The third-order valence-corrected chi connectivity index (χ3v) is 4.39. The maximum absolute atomic E-state index is 13.7. The minimum absolute atomic E-state index is 0.00456. The van der Waals surface area contributed by atoms with Crippen molar-refractivity contribution in [1.29, 1.82) is 0 Å². The molecule has 1 aromatic carbocycles. The van der Waals surface area contributed by atoms with Crippen LogP contribution in [0.1, 0.15) is 18.5 Å². The lowest BCUT2D eigenvalue weighted by molar-refractivity contribution is -0.294. The van der Waals surface area contributed by atoms with Crippen LogP contribution in [0.5, 0.6) is 17.2 Å². The summed E-state index contributed by atoms with van der Waals surface area (Å²) in [5.74, 6) is -3.32. The number of benzene rings is 1. The van der Waals surface area contributed by atoms with Gasteiger partial charge in [-0.05, 0) is 24.6 Å². The smallest absolute Gasteiger partial charge is 0.437 e. The molecule has 3 unspecified atom stereocenters. The first kappa shape index (κ1) is 22.4. The van der Waals surface area contributed by atoms with Crippen LogP contribution in [0.4, 0.5) is 18.0 Å². The summed E-state index contributed by atoms with van der Waals surface area (Å²) >= 11 is 0. The Balaban J connectivity index is 2.70. The van der Waals surface area contributed by atoms with Crippen molar-refractivity contribution in [2.45, 2.75) is 24.9 Å². The number of nitrogens with one attached hydrogen (secondary N) is 2. The normalized spacial score (nSPS) is 24.2. The van der Waals surface area contributed by atoms with Gasteiger partial charge in [0.2, 0.25) is 5.75 Å². The van der Waals surface area contributed by atoms with Gasteiger partial charge < -0.3 is 34.7 Å². The third kappa shape index (κ3) is 3.97. The largest absolute Gasteiger partial charge is 0.493 e. The molecule has 0 radical (unpaired) electrons. The molecule has 3 N–H and O–H groups in total. The zero-order valence-corrected chi connectivity index (χ0v) is 16.0. The topological polar surface area (TPSA) is 115 Å². The highest BCUT2D eigenvalue weighted by Crippen LogP contribution is 2.46. The van der Waals surface area contributed by atoms with Crippen LogP contribution >= 0.6 is 0 Å². The van der Waals surface area contributed by atoms with Crippen molar-refractivity contribution in [2.75, 3.05) is 27.9 Å². The van der Waals surface area contributed by atoms with Crippen LogP contribution in [-0.4, -0.2) is 56.9 Å². The van der Waals surface area contributed by atoms with E-state index >= 15 is 0 Å². The number of ether oxygens (including phenoxy) is 4. The average molecular weight is 422 g/mol. The number of halogens is 3. The summed E-state index contributed by atoms with van der Waals surface area (Å²) in [6.07, 6.45) is -5.37. The van der Waals surface area contributed by atoms with Crippen molar-refractivity contribution >= 4 is 12.0 Å². The molecule has 0 saturated carbocycles. The second-order valence-corrected chi connectivity index (χ2v) is 6.03. The highest BCUT2D eigenvalue weighted by molar-refractivity contribution is 5.83. The van der Waals surface area contributed by atoms with Gasteiger partial charge in [0.25, 0.3) is 5.72 Å². The van der Waals surface area contributed by atoms with Crippen molar-refractivity contribution in [3.8, 4) is 17.2 Å². The number of methoxy groups -OCH3 is 3. The highest BCUT2D eigenvalue weighted by Gasteiger charge is 2.67. The van der Waals surface area contributed by atoms with Crippen molar-refractivity contribution < 1.29 is 46.8 Å². The summed E-state index contributed by atoms with van der Waals surface area (Å²) in [5, 5.41) is 14.0. The number of aliphatic hydroxyl groups is 1. The Labute approximate surface area is 164 Å². The van der Waals surface area contributed by atoms with Gasteiger partial charge in [-0.25, -0.2) is 4.79 Å².